The zero-order chi connectivity index (χ0) is 10.2. The highest BCUT2D eigenvalue weighted by Crippen LogP contribution is 2.32. The molecule has 0 saturated heterocycles. The molecule has 1 heterocycles. The Kier molecular flexibility index (Phi) is 2.11. The predicted molar refractivity (Wildman–Crippen MR) is 47.3 cm³/mol. The van der Waals surface area contributed by atoms with Crippen molar-refractivity contribution in [3.05, 3.63) is 29.6 Å². The molecule has 0 aliphatic rings. The molecule has 0 aliphatic carbocycles. The van der Waals surface area contributed by atoms with Gasteiger partial charge >= 0.3 is 6.36 Å². The molecule has 1 nitrogen and oxygen atoms in total. The van der Waals surface area contributed by atoms with E-state index < -0.39 is 6.36 Å². The van der Waals surface area contributed by atoms with Crippen LogP contribution in [0, 0.1) is 5.38 Å². The summed E-state index contributed by atoms with van der Waals surface area (Å²) in [4.78, 5) is 0. The summed E-state index contributed by atoms with van der Waals surface area (Å²) >= 11 is 1.26. The third-order valence-corrected chi connectivity index (χ3v) is 2.44. The van der Waals surface area contributed by atoms with Crippen molar-refractivity contribution in [1.82, 2.24) is 0 Å². The lowest BCUT2D eigenvalue weighted by Crippen LogP contribution is -2.17. The molecular formula is C9H4F3OS. The predicted octanol–water partition coefficient (Wildman–Crippen LogP) is 3.60. The van der Waals surface area contributed by atoms with Crippen molar-refractivity contribution in [2.75, 3.05) is 0 Å². The maximum absolute atomic E-state index is 11.9. The lowest BCUT2D eigenvalue weighted by molar-refractivity contribution is -0.274. The van der Waals surface area contributed by atoms with E-state index in [-0.39, 0.29) is 5.75 Å². The minimum absolute atomic E-state index is 0.174. The van der Waals surface area contributed by atoms with E-state index in [2.05, 4.69) is 10.1 Å². The van der Waals surface area contributed by atoms with E-state index in [9.17, 15) is 13.2 Å². The van der Waals surface area contributed by atoms with E-state index in [1.54, 1.807) is 6.07 Å². The molecular weight excluding hydrogens is 213 g/mol. The highest BCUT2D eigenvalue weighted by molar-refractivity contribution is 7.16. The second kappa shape index (κ2) is 3.16. The van der Waals surface area contributed by atoms with Gasteiger partial charge in [0.05, 0.1) is 0 Å². The number of rotatable bonds is 1. The molecule has 2 aromatic rings. The number of benzene rings is 1. The molecule has 0 amide bonds. The molecule has 2 rings (SSSR count). The Morgan fingerprint density at radius 2 is 2.07 bits per heavy atom. The maximum Gasteiger partial charge on any atom is 0.573 e. The Labute approximate surface area is 81.7 Å². The van der Waals surface area contributed by atoms with Crippen molar-refractivity contribution in [3.63, 3.8) is 0 Å². The average Bonchev–Trinajstić information content (AvgIpc) is 2.49. The summed E-state index contributed by atoms with van der Waals surface area (Å²) < 4.78 is 40.4. The SMILES string of the molecule is FC(F)(F)Oc1cccc2s[c]cc12. The molecule has 1 radical (unpaired) electrons. The third-order valence-electron chi connectivity index (χ3n) is 1.62. The first-order valence-corrected chi connectivity index (χ1v) is 4.52. The Morgan fingerprint density at radius 3 is 2.79 bits per heavy atom. The quantitative estimate of drug-likeness (QED) is 0.709. The van der Waals surface area contributed by atoms with Crippen molar-refractivity contribution in [2.24, 2.45) is 0 Å². The van der Waals surface area contributed by atoms with Gasteiger partial charge in [0.1, 0.15) is 5.75 Å². The van der Waals surface area contributed by atoms with Crippen molar-refractivity contribution >= 4 is 21.4 Å². The summed E-state index contributed by atoms with van der Waals surface area (Å²) in [5, 5.41) is 3.20. The molecule has 0 atom stereocenters. The van der Waals surface area contributed by atoms with Gasteiger partial charge in [-0.3, -0.25) is 0 Å². The van der Waals surface area contributed by atoms with E-state index in [4.69, 9.17) is 0 Å². The van der Waals surface area contributed by atoms with E-state index in [1.807, 2.05) is 0 Å². The molecule has 0 aliphatic heterocycles. The molecule has 0 saturated carbocycles. The van der Waals surface area contributed by atoms with Gasteiger partial charge in [0.25, 0.3) is 0 Å². The number of alkyl halides is 3. The zero-order valence-corrected chi connectivity index (χ0v) is 7.58. The van der Waals surface area contributed by atoms with Crippen LogP contribution >= 0.6 is 11.3 Å². The second-order valence-electron chi connectivity index (χ2n) is 2.58. The second-order valence-corrected chi connectivity index (χ2v) is 3.46. The molecule has 0 spiro atoms. The Bertz CT molecular complexity index is 446. The fraction of sp³-hybridized carbons (Fsp3) is 0.111. The van der Waals surface area contributed by atoms with Gasteiger partial charge in [-0.1, -0.05) is 6.07 Å². The minimum Gasteiger partial charge on any atom is -0.405 e. The lowest BCUT2D eigenvalue weighted by atomic mass is 10.2. The van der Waals surface area contributed by atoms with Crippen LogP contribution < -0.4 is 4.74 Å². The highest BCUT2D eigenvalue weighted by atomic mass is 32.1. The van der Waals surface area contributed by atoms with Crippen LogP contribution in [-0.4, -0.2) is 6.36 Å². The number of halogens is 3. The van der Waals surface area contributed by atoms with Gasteiger partial charge in [-0.05, 0) is 18.2 Å². The zero-order valence-electron chi connectivity index (χ0n) is 6.76. The largest absolute Gasteiger partial charge is 0.573 e. The van der Waals surface area contributed by atoms with Crippen molar-refractivity contribution in [3.8, 4) is 5.75 Å². The fourth-order valence-electron chi connectivity index (χ4n) is 1.12. The summed E-state index contributed by atoms with van der Waals surface area (Å²) in [6.45, 7) is 0. The Morgan fingerprint density at radius 1 is 1.29 bits per heavy atom. The first-order valence-electron chi connectivity index (χ1n) is 3.70. The van der Waals surface area contributed by atoms with Crippen molar-refractivity contribution in [2.45, 2.75) is 6.36 Å². The molecule has 14 heavy (non-hydrogen) atoms. The monoisotopic (exact) mass is 217 g/mol. The van der Waals surface area contributed by atoms with Gasteiger partial charge in [-0.25, -0.2) is 0 Å². The normalized spacial score (nSPS) is 11.9. The molecule has 5 heteroatoms. The topological polar surface area (TPSA) is 9.23 Å². The van der Waals surface area contributed by atoms with Gasteiger partial charge in [0.2, 0.25) is 0 Å². The molecule has 1 aromatic heterocycles. The van der Waals surface area contributed by atoms with Crippen LogP contribution in [0.3, 0.4) is 0 Å². The van der Waals surface area contributed by atoms with Crippen LogP contribution in [-0.2, 0) is 0 Å². The van der Waals surface area contributed by atoms with Crippen LogP contribution in [0.2, 0.25) is 0 Å². The van der Waals surface area contributed by atoms with Crippen LogP contribution in [0.5, 0.6) is 5.75 Å². The standard InChI is InChI=1S/C9H4F3OS/c10-9(11,12)13-7-2-1-3-8-6(7)4-5-14-8/h1-4H. The van der Waals surface area contributed by atoms with Crippen molar-refractivity contribution < 1.29 is 17.9 Å². The summed E-state index contributed by atoms with van der Waals surface area (Å²) in [6, 6.07) is 6.02. The summed E-state index contributed by atoms with van der Waals surface area (Å²) in [7, 11) is 0. The smallest absolute Gasteiger partial charge is 0.405 e. The molecule has 0 fully saturated rings. The summed E-state index contributed by atoms with van der Waals surface area (Å²) in [6.07, 6.45) is -4.64. The Hall–Kier alpha value is -1.23. The molecule has 0 bridgehead atoms. The first kappa shape index (κ1) is 9.33. The van der Waals surface area contributed by atoms with Crippen molar-refractivity contribution in [1.29, 1.82) is 0 Å². The molecule has 73 valence electrons. The van der Waals surface area contributed by atoms with Gasteiger partial charge in [0.15, 0.2) is 0 Å². The van der Waals surface area contributed by atoms with E-state index in [1.165, 1.54) is 29.5 Å². The van der Waals surface area contributed by atoms with Crippen LogP contribution in [0.15, 0.2) is 24.3 Å². The lowest BCUT2D eigenvalue weighted by Gasteiger charge is -2.09. The number of ether oxygens (including phenoxy) is 1. The van der Waals surface area contributed by atoms with E-state index >= 15 is 0 Å². The number of hydrogen-bond acceptors (Lipinski definition) is 2. The molecule has 0 unspecified atom stereocenters. The van der Waals surface area contributed by atoms with Gasteiger partial charge in [-0.15, -0.1) is 24.5 Å². The van der Waals surface area contributed by atoms with Gasteiger partial charge < -0.3 is 4.74 Å². The first-order chi connectivity index (χ1) is 6.56. The fourth-order valence-corrected chi connectivity index (χ4v) is 1.84. The van der Waals surface area contributed by atoms with Gasteiger partial charge in [0, 0.05) is 15.5 Å². The average molecular weight is 217 g/mol. The van der Waals surface area contributed by atoms with Crippen LogP contribution in [0.4, 0.5) is 13.2 Å². The van der Waals surface area contributed by atoms with Gasteiger partial charge in [-0.2, -0.15) is 0 Å². The van der Waals surface area contributed by atoms with Crippen LogP contribution in [0.25, 0.3) is 10.1 Å². The highest BCUT2D eigenvalue weighted by Gasteiger charge is 2.31. The third kappa shape index (κ3) is 1.82. The molecule has 1 aromatic carbocycles. The Balaban J connectivity index is 2.46. The summed E-state index contributed by atoms with van der Waals surface area (Å²) in [5.74, 6) is -0.174. The minimum atomic E-state index is -4.64. The number of thiophene rings is 1. The number of fused-ring (bicyclic) bond motifs is 1. The number of hydrogen-bond donors (Lipinski definition) is 0. The maximum atomic E-state index is 11.9. The molecule has 0 N–H and O–H groups in total. The van der Waals surface area contributed by atoms with Crippen LogP contribution in [0.1, 0.15) is 0 Å². The van der Waals surface area contributed by atoms with E-state index in [0.717, 1.165) is 4.70 Å². The summed E-state index contributed by atoms with van der Waals surface area (Å²) in [5.41, 5.74) is 0. The van der Waals surface area contributed by atoms with E-state index in [0.29, 0.717) is 5.39 Å².